The quantitative estimate of drug-likeness (QED) is 0.0722. The highest BCUT2D eigenvalue weighted by atomic mass is 35.5. The molecule has 10 rings (SSSR count). The van der Waals surface area contributed by atoms with Crippen molar-refractivity contribution < 1.29 is 34.4 Å². The summed E-state index contributed by atoms with van der Waals surface area (Å²) in [4.78, 5) is 8.33. The first-order valence-corrected chi connectivity index (χ1v) is 33.5. The van der Waals surface area contributed by atoms with E-state index in [-0.39, 0.29) is 45.0 Å². The number of sulfone groups is 2. The van der Waals surface area contributed by atoms with Gasteiger partial charge < -0.3 is 10.6 Å². The summed E-state index contributed by atoms with van der Waals surface area (Å²) in [6, 6.07) is 24.7. The van der Waals surface area contributed by atoms with Gasteiger partial charge in [-0.15, -0.1) is 11.6 Å². The van der Waals surface area contributed by atoms with Crippen molar-refractivity contribution in [3.63, 3.8) is 0 Å². The summed E-state index contributed by atoms with van der Waals surface area (Å²) >= 11 is 13.0. The molecule has 4 fully saturated rings. The average Bonchev–Trinajstić information content (AvgIpc) is 4.27. The lowest BCUT2D eigenvalue weighted by atomic mass is 9.77. The SMILES string of the molecule is CC1(C)CCN(Cc2cc(F)c(S(=O)(=O)Cc3ncns3)cc2F)[C@H](c2ccccc2)C1.CC1(C)CCN(Cl)CC1.CC1(C)CCNCC1.CC1(C)CCN[C@H](c2ccccc2)C1.O=S(=O)(Cc1ncns1)c1cc(F)c(CCl)cc1F. The first-order valence-electron chi connectivity index (χ1n) is 27.7. The van der Waals surface area contributed by atoms with Gasteiger partial charge in [0, 0.05) is 42.8 Å². The highest BCUT2D eigenvalue weighted by Gasteiger charge is 2.35. The van der Waals surface area contributed by atoms with E-state index >= 15 is 0 Å². The van der Waals surface area contributed by atoms with Crippen LogP contribution in [-0.2, 0) is 43.6 Å². The molecule has 2 atom stereocenters. The van der Waals surface area contributed by atoms with Crippen molar-refractivity contribution in [1.82, 2.24) is 38.7 Å². The first-order chi connectivity index (χ1) is 38.6. The van der Waals surface area contributed by atoms with Gasteiger partial charge in [-0.3, -0.25) is 4.90 Å². The zero-order chi connectivity index (χ0) is 59.9. The molecule has 22 heteroatoms. The van der Waals surface area contributed by atoms with Crippen molar-refractivity contribution in [2.45, 2.75) is 153 Å². The Hall–Kier alpha value is -3.96. The van der Waals surface area contributed by atoms with Crippen LogP contribution in [0.25, 0.3) is 0 Å². The molecular formula is C60H80Cl2F4N8O4S4. The van der Waals surface area contributed by atoms with E-state index < -0.39 is 64.2 Å². The third-order valence-electron chi connectivity index (χ3n) is 15.4. The van der Waals surface area contributed by atoms with E-state index in [2.05, 4.69) is 132 Å². The Balaban J connectivity index is 0.000000183. The van der Waals surface area contributed by atoms with Gasteiger partial charge in [-0.1, -0.05) is 116 Å². The largest absolute Gasteiger partial charge is 0.317 e. The summed E-state index contributed by atoms with van der Waals surface area (Å²) in [5.41, 5.74) is 4.41. The molecule has 2 N–H and O–H groups in total. The van der Waals surface area contributed by atoms with Crippen LogP contribution in [0, 0.1) is 44.9 Å². The minimum Gasteiger partial charge on any atom is -0.317 e. The topological polar surface area (TPSA) is 150 Å². The van der Waals surface area contributed by atoms with Gasteiger partial charge in [0.15, 0.2) is 19.7 Å². The van der Waals surface area contributed by atoms with Crippen LogP contribution in [0.2, 0.25) is 0 Å². The predicted molar refractivity (Wildman–Crippen MR) is 323 cm³/mol. The molecule has 0 saturated carbocycles. The second-order valence-corrected chi connectivity index (χ2v) is 31.0. The smallest absolute Gasteiger partial charge is 0.187 e. The number of nitrogens with zero attached hydrogens (tertiary/aromatic N) is 6. The molecule has 4 aliphatic rings. The number of alkyl halides is 1. The molecule has 4 aromatic carbocycles. The van der Waals surface area contributed by atoms with E-state index in [1.54, 1.807) is 0 Å². The molecule has 4 aliphatic heterocycles. The van der Waals surface area contributed by atoms with Crippen molar-refractivity contribution >= 4 is 66.1 Å². The molecule has 0 radical (unpaired) electrons. The lowest BCUT2D eigenvalue weighted by molar-refractivity contribution is 0.0627. The van der Waals surface area contributed by atoms with Gasteiger partial charge in [0.25, 0.3) is 0 Å². The minimum atomic E-state index is -4.08. The summed E-state index contributed by atoms with van der Waals surface area (Å²) < 4.78 is 115. The maximum Gasteiger partial charge on any atom is 0.187 e. The molecule has 450 valence electrons. The van der Waals surface area contributed by atoms with Crippen LogP contribution in [0.5, 0.6) is 0 Å². The second-order valence-electron chi connectivity index (χ2n) is 24.6. The third-order valence-corrected chi connectivity index (χ3v) is 21.0. The number of likely N-dealkylation sites (tertiary alicyclic amines) is 1. The fraction of sp³-hybridized carbons (Fsp3) is 0.533. The lowest BCUT2D eigenvalue weighted by Gasteiger charge is -2.44. The molecule has 0 spiro atoms. The Kier molecular flexibility index (Phi) is 24.5. The molecule has 82 heavy (non-hydrogen) atoms. The van der Waals surface area contributed by atoms with Crippen LogP contribution in [0.3, 0.4) is 0 Å². The molecule has 4 saturated heterocycles. The number of piperidine rings is 4. The van der Waals surface area contributed by atoms with E-state index in [1.165, 1.54) is 69.8 Å². The molecule has 6 heterocycles. The number of benzene rings is 4. The third kappa shape index (κ3) is 20.9. The van der Waals surface area contributed by atoms with Crippen LogP contribution in [0.4, 0.5) is 17.6 Å². The Bertz CT molecular complexity index is 3150. The zero-order valence-corrected chi connectivity index (χ0v) is 53.1. The van der Waals surface area contributed by atoms with Crippen molar-refractivity contribution in [1.29, 1.82) is 0 Å². The summed E-state index contributed by atoms with van der Waals surface area (Å²) in [6.07, 6.45) is 12.0. The van der Waals surface area contributed by atoms with Crippen molar-refractivity contribution in [3.8, 4) is 0 Å². The maximum atomic E-state index is 15.0. The molecule has 0 bridgehead atoms. The van der Waals surface area contributed by atoms with Crippen LogP contribution in [-0.4, -0.2) is 84.1 Å². The first kappa shape index (κ1) is 67.2. The minimum absolute atomic E-state index is 0.0724. The fourth-order valence-corrected chi connectivity index (χ4v) is 14.8. The van der Waals surface area contributed by atoms with Crippen molar-refractivity contribution in [3.05, 3.63) is 153 Å². The highest BCUT2D eigenvalue weighted by molar-refractivity contribution is 7.91. The highest BCUT2D eigenvalue weighted by Crippen LogP contribution is 2.43. The standard InChI is InChI=1S/C23H25F2N3O2S2.C13H19N.C10H7ClF2N2O2S2.C7H14ClN.C7H15N/c1-23(2)8-9-28(20(12-23)16-6-4-3-5-7-16)13-17-10-19(25)21(11-18(17)24)32(29,30)14-22-26-15-27-31-22;1-13(2)8-9-14-12(10-13)11-6-4-3-5-7-11;11-3-6-1-8(13)9(2-7(6)12)19(16,17)4-10-14-5-15-18-10;1-7(2)3-5-9(8)6-4-7;1-7(2)3-5-8-6-4-7/h3-7,10-11,15,20H,8-9,12-14H2,1-2H3;3-7,12,14H,8-10H2,1-2H3;1-2,5H,3-4H2;3-6H2,1-2H3;8H,3-6H2,1-2H3/t20-;12-;;;/m00.../s1. The van der Waals surface area contributed by atoms with Crippen LogP contribution in [0.15, 0.2) is 107 Å². The Morgan fingerprint density at radius 2 is 1.02 bits per heavy atom. The molecule has 0 unspecified atom stereocenters. The molecule has 2 aromatic heterocycles. The second kappa shape index (κ2) is 29.9. The summed E-state index contributed by atoms with van der Waals surface area (Å²) in [6.45, 7) is 25.1. The Morgan fingerprint density at radius 1 is 0.573 bits per heavy atom. The van der Waals surface area contributed by atoms with Crippen LogP contribution < -0.4 is 10.6 Å². The van der Waals surface area contributed by atoms with Crippen LogP contribution in [0.1, 0.15) is 151 Å². The molecule has 0 aliphatic carbocycles. The van der Waals surface area contributed by atoms with E-state index in [4.69, 9.17) is 23.4 Å². The number of aromatic nitrogens is 4. The Labute approximate surface area is 502 Å². The van der Waals surface area contributed by atoms with Gasteiger partial charge >= 0.3 is 0 Å². The number of hydrogen-bond acceptors (Lipinski definition) is 14. The van der Waals surface area contributed by atoms with E-state index in [0.717, 1.165) is 85.8 Å². The molecule has 0 amide bonds. The van der Waals surface area contributed by atoms with Crippen molar-refractivity contribution in [2.75, 3.05) is 39.3 Å². The fourth-order valence-electron chi connectivity index (χ4n) is 10.0. The summed E-state index contributed by atoms with van der Waals surface area (Å²) in [5, 5.41) is 7.37. The molecule has 12 nitrogen and oxygen atoms in total. The summed E-state index contributed by atoms with van der Waals surface area (Å²) in [5.74, 6) is -4.81. The van der Waals surface area contributed by atoms with E-state index in [0.29, 0.717) is 28.4 Å². The normalized spacial score (nSPS) is 20.5. The number of rotatable bonds is 11. The number of nitrogens with one attached hydrogen (secondary N) is 2. The Morgan fingerprint density at radius 3 is 1.48 bits per heavy atom. The lowest BCUT2D eigenvalue weighted by Crippen LogP contribution is -2.39. The monoisotopic (exact) mass is 1250 g/mol. The van der Waals surface area contributed by atoms with Gasteiger partial charge in [-0.25, -0.2) is 48.8 Å². The number of halogens is 6. The molecule has 6 aromatic rings. The van der Waals surface area contributed by atoms with Crippen LogP contribution >= 0.6 is 46.4 Å². The van der Waals surface area contributed by atoms with Gasteiger partial charge in [0.1, 0.15) is 67.2 Å². The predicted octanol–water partition coefficient (Wildman–Crippen LogP) is 14.5. The zero-order valence-electron chi connectivity index (χ0n) is 48.3. The van der Waals surface area contributed by atoms with Gasteiger partial charge in [0.2, 0.25) is 0 Å². The van der Waals surface area contributed by atoms with Gasteiger partial charge in [-0.2, -0.15) is 8.75 Å². The van der Waals surface area contributed by atoms with E-state index in [9.17, 15) is 34.4 Å². The number of hydrogen-bond donors (Lipinski definition) is 2. The average molecular weight is 1250 g/mol. The molecular weight excluding hydrogens is 1170 g/mol. The van der Waals surface area contributed by atoms with Gasteiger partial charge in [-0.05, 0) is 169 Å². The maximum absolute atomic E-state index is 15.0. The van der Waals surface area contributed by atoms with Crippen molar-refractivity contribution in [2.24, 2.45) is 21.7 Å². The van der Waals surface area contributed by atoms with Gasteiger partial charge in [0.05, 0.1) is 5.88 Å². The summed E-state index contributed by atoms with van der Waals surface area (Å²) in [7, 11) is -8.09. The van der Waals surface area contributed by atoms with E-state index in [1.807, 2.05) is 22.6 Å².